The monoisotopic (exact) mass is 212 g/mol. The number of H-pyrrole nitrogens is 2. The Balaban J connectivity index is 2.99. The molecule has 0 aliphatic rings. The highest BCUT2D eigenvalue weighted by molar-refractivity contribution is 7.71. The van der Waals surface area contributed by atoms with Gasteiger partial charge in [0.15, 0.2) is 4.77 Å². The maximum atomic E-state index is 11.2. The minimum Gasteiger partial charge on any atom is -0.284 e. The fourth-order valence-corrected chi connectivity index (χ4v) is 1.15. The van der Waals surface area contributed by atoms with Crippen LogP contribution in [0.4, 0.5) is 0 Å². The number of aromatic amines is 2. The van der Waals surface area contributed by atoms with Gasteiger partial charge in [0.2, 0.25) is 0 Å². The van der Waals surface area contributed by atoms with Gasteiger partial charge in [-0.05, 0) is 18.6 Å². The maximum absolute atomic E-state index is 11.2. The number of hydrogen-bond acceptors (Lipinski definition) is 4. The molecule has 0 atom stereocenters. The molecule has 7 heteroatoms. The molecule has 6 nitrogen and oxygen atoms in total. The van der Waals surface area contributed by atoms with E-state index in [1.807, 2.05) is 6.07 Å². The lowest BCUT2D eigenvalue weighted by molar-refractivity contribution is 0.576. The highest BCUT2D eigenvalue weighted by atomic mass is 32.1. The van der Waals surface area contributed by atoms with Crippen LogP contribution in [0.25, 0.3) is 0 Å². The first-order chi connectivity index (χ1) is 6.65. The average Bonchev–Trinajstić information content (AvgIpc) is 2.09. The van der Waals surface area contributed by atoms with E-state index in [1.54, 1.807) is 0 Å². The molecule has 0 aliphatic heterocycles. The Morgan fingerprint density at radius 3 is 2.43 bits per heavy atom. The Hall–Kier alpha value is -1.68. The first-order valence-electron chi connectivity index (χ1n) is 3.95. The Bertz CT molecular complexity index is 484. The molecule has 0 fully saturated rings. The van der Waals surface area contributed by atoms with Crippen molar-refractivity contribution in [2.24, 2.45) is 0 Å². The van der Waals surface area contributed by atoms with Crippen LogP contribution in [0.15, 0.2) is 9.59 Å². The van der Waals surface area contributed by atoms with Gasteiger partial charge in [0.1, 0.15) is 0 Å². The lowest BCUT2D eigenvalue weighted by Gasteiger charge is -2.00. The highest BCUT2D eigenvalue weighted by Crippen LogP contribution is 1.86. The summed E-state index contributed by atoms with van der Waals surface area (Å²) in [7, 11) is 0. The predicted molar refractivity (Wildman–Crippen MR) is 51.4 cm³/mol. The largest absolute Gasteiger partial charge is 0.331 e. The van der Waals surface area contributed by atoms with E-state index in [9.17, 15) is 9.59 Å². The summed E-state index contributed by atoms with van der Waals surface area (Å²) < 4.78 is 0.990. The predicted octanol–water partition coefficient (Wildman–Crippen LogP) is -0.102. The number of nitrogens with one attached hydrogen (secondary N) is 2. The van der Waals surface area contributed by atoms with E-state index in [0.717, 1.165) is 4.57 Å². The molecule has 0 unspecified atom stereocenters. The molecule has 0 aromatic carbocycles. The summed E-state index contributed by atoms with van der Waals surface area (Å²) in [6.45, 7) is 0.216. The van der Waals surface area contributed by atoms with Crippen molar-refractivity contribution in [3.63, 3.8) is 0 Å². The Morgan fingerprint density at radius 2 is 1.93 bits per heavy atom. The minimum atomic E-state index is -0.545. The third kappa shape index (κ3) is 2.40. The average molecular weight is 212 g/mol. The molecule has 1 aromatic rings. The van der Waals surface area contributed by atoms with E-state index in [-0.39, 0.29) is 11.3 Å². The van der Waals surface area contributed by atoms with Crippen molar-refractivity contribution in [2.75, 3.05) is 0 Å². The molecule has 0 aliphatic carbocycles. The summed E-state index contributed by atoms with van der Waals surface area (Å²) in [5, 5.41) is 8.28. The Kier molecular flexibility index (Phi) is 3.36. The van der Waals surface area contributed by atoms with Crippen LogP contribution in [0.2, 0.25) is 0 Å². The van der Waals surface area contributed by atoms with Crippen molar-refractivity contribution < 1.29 is 0 Å². The van der Waals surface area contributed by atoms with E-state index in [0.29, 0.717) is 12.8 Å². The van der Waals surface area contributed by atoms with Gasteiger partial charge in [-0.25, -0.2) is 14.2 Å². The smallest absolute Gasteiger partial charge is 0.284 e. The number of nitrogens with zero attached hydrogens (tertiary/aromatic N) is 2. The van der Waals surface area contributed by atoms with Crippen molar-refractivity contribution in [3.8, 4) is 6.07 Å². The second-order valence-electron chi connectivity index (χ2n) is 2.60. The van der Waals surface area contributed by atoms with Gasteiger partial charge in [-0.2, -0.15) is 5.26 Å². The fraction of sp³-hybridized carbons (Fsp3) is 0.429. The van der Waals surface area contributed by atoms with Gasteiger partial charge in [0.05, 0.1) is 6.07 Å². The minimum absolute atomic E-state index is 0.0107. The van der Waals surface area contributed by atoms with Gasteiger partial charge in [0, 0.05) is 13.0 Å². The molecule has 0 saturated carbocycles. The van der Waals surface area contributed by atoms with Crippen LogP contribution < -0.4 is 11.4 Å². The van der Waals surface area contributed by atoms with Gasteiger partial charge in [-0.15, -0.1) is 0 Å². The Labute approximate surface area is 83.8 Å². The van der Waals surface area contributed by atoms with Gasteiger partial charge in [-0.3, -0.25) is 9.97 Å². The highest BCUT2D eigenvalue weighted by Gasteiger charge is 2.00. The van der Waals surface area contributed by atoms with E-state index in [2.05, 4.69) is 22.2 Å². The third-order valence-electron chi connectivity index (χ3n) is 1.60. The molecule has 0 amide bonds. The standard InChI is InChI=1S/C7H8N4O2S/c8-3-1-2-4-11-6(12)9-5(14)10-7(11)13/h1-2,4H2,(H2,9,10,12,13,14). The molecule has 74 valence electrons. The zero-order valence-electron chi connectivity index (χ0n) is 7.24. The first-order valence-corrected chi connectivity index (χ1v) is 4.36. The van der Waals surface area contributed by atoms with Crippen LogP contribution in [0, 0.1) is 16.1 Å². The van der Waals surface area contributed by atoms with Crippen molar-refractivity contribution in [1.82, 2.24) is 14.5 Å². The van der Waals surface area contributed by atoms with Crippen LogP contribution in [0.5, 0.6) is 0 Å². The molecule has 0 saturated heterocycles. The number of unbranched alkanes of at least 4 members (excludes halogenated alkanes) is 1. The number of nitriles is 1. The van der Waals surface area contributed by atoms with Crippen LogP contribution in [-0.2, 0) is 6.54 Å². The summed E-state index contributed by atoms with van der Waals surface area (Å²) in [6, 6.07) is 1.93. The van der Waals surface area contributed by atoms with Crippen LogP contribution in [0.3, 0.4) is 0 Å². The van der Waals surface area contributed by atoms with E-state index >= 15 is 0 Å². The van der Waals surface area contributed by atoms with Gasteiger partial charge < -0.3 is 0 Å². The van der Waals surface area contributed by atoms with E-state index in [1.165, 1.54) is 0 Å². The Morgan fingerprint density at radius 1 is 1.36 bits per heavy atom. The zero-order chi connectivity index (χ0) is 10.6. The van der Waals surface area contributed by atoms with Crippen LogP contribution >= 0.6 is 12.2 Å². The molecular formula is C7H8N4O2S. The summed E-state index contributed by atoms with van der Waals surface area (Å²) >= 11 is 4.61. The number of aromatic nitrogens is 3. The molecule has 0 radical (unpaired) electrons. The molecule has 1 aromatic heterocycles. The maximum Gasteiger partial charge on any atom is 0.331 e. The summed E-state index contributed by atoms with van der Waals surface area (Å²) in [6.07, 6.45) is 0.769. The molecule has 1 heterocycles. The first kappa shape index (κ1) is 10.4. The van der Waals surface area contributed by atoms with Crippen molar-refractivity contribution >= 4 is 12.2 Å². The topological polar surface area (TPSA) is 94.4 Å². The molecular weight excluding hydrogens is 204 g/mol. The lowest BCUT2D eigenvalue weighted by Crippen LogP contribution is -2.36. The summed E-state index contributed by atoms with van der Waals surface area (Å²) in [5.41, 5.74) is -1.09. The molecule has 2 N–H and O–H groups in total. The quantitative estimate of drug-likeness (QED) is 0.540. The molecule has 14 heavy (non-hydrogen) atoms. The summed E-state index contributed by atoms with van der Waals surface area (Å²) in [4.78, 5) is 27.0. The van der Waals surface area contributed by atoms with Gasteiger partial charge in [-0.1, -0.05) is 0 Å². The van der Waals surface area contributed by atoms with E-state index in [4.69, 9.17) is 5.26 Å². The fourth-order valence-electron chi connectivity index (χ4n) is 0.972. The molecule has 0 spiro atoms. The van der Waals surface area contributed by atoms with Crippen molar-refractivity contribution in [1.29, 1.82) is 5.26 Å². The van der Waals surface area contributed by atoms with E-state index < -0.39 is 11.4 Å². The third-order valence-corrected chi connectivity index (χ3v) is 1.81. The SMILES string of the molecule is N#CCCCn1c(=O)[nH]c(=S)[nH]c1=O. The van der Waals surface area contributed by atoms with Gasteiger partial charge in [0.25, 0.3) is 0 Å². The van der Waals surface area contributed by atoms with Gasteiger partial charge >= 0.3 is 11.4 Å². The van der Waals surface area contributed by atoms with Crippen molar-refractivity contribution in [3.05, 3.63) is 25.7 Å². The zero-order valence-corrected chi connectivity index (χ0v) is 8.06. The number of hydrogen-bond donors (Lipinski definition) is 2. The number of rotatable bonds is 3. The summed E-state index contributed by atoms with van der Waals surface area (Å²) in [5.74, 6) is 0. The second kappa shape index (κ2) is 4.53. The van der Waals surface area contributed by atoms with Crippen molar-refractivity contribution in [2.45, 2.75) is 19.4 Å². The molecule has 0 bridgehead atoms. The second-order valence-corrected chi connectivity index (χ2v) is 3.01. The van der Waals surface area contributed by atoms with Crippen LogP contribution in [0.1, 0.15) is 12.8 Å². The van der Waals surface area contributed by atoms with Crippen LogP contribution in [-0.4, -0.2) is 14.5 Å². The normalized spacial score (nSPS) is 9.64. The lowest BCUT2D eigenvalue weighted by atomic mass is 10.3. The molecule has 1 rings (SSSR count).